The van der Waals surface area contributed by atoms with E-state index in [1.165, 1.54) is 27.9 Å². The highest BCUT2D eigenvalue weighted by Gasteiger charge is 2.35. The molecule has 2 aliphatic rings. The predicted octanol–water partition coefficient (Wildman–Crippen LogP) is 4.10. The number of hydrogen-bond donors (Lipinski definition) is 0. The summed E-state index contributed by atoms with van der Waals surface area (Å²) < 4.78 is 6.26. The van der Waals surface area contributed by atoms with Crippen LogP contribution in [0.4, 0.5) is 11.5 Å². The topological polar surface area (TPSA) is 41.5 Å². The standard InChI is InChI=1S/C21H27ClN4O/c1-13-14(2)19-16(12-21(4,5)27-19)15(3)18(13)26-10-8-25(9-11-26)17-6-7-23-20(22)24-17/h6-7H,8-12H2,1-5H3. The second-order valence-electron chi connectivity index (χ2n) is 8.23. The van der Waals surface area contributed by atoms with Gasteiger partial charge in [-0.15, -0.1) is 0 Å². The molecule has 0 N–H and O–H groups in total. The van der Waals surface area contributed by atoms with Gasteiger partial charge in [-0.2, -0.15) is 0 Å². The van der Waals surface area contributed by atoms with Gasteiger partial charge in [0.05, 0.1) is 0 Å². The van der Waals surface area contributed by atoms with Crippen LogP contribution in [0.2, 0.25) is 5.28 Å². The van der Waals surface area contributed by atoms with Crippen molar-refractivity contribution in [3.63, 3.8) is 0 Å². The largest absolute Gasteiger partial charge is 0.487 e. The Bertz CT molecular complexity index is 888. The van der Waals surface area contributed by atoms with Gasteiger partial charge in [0.1, 0.15) is 17.2 Å². The Balaban J connectivity index is 1.60. The van der Waals surface area contributed by atoms with E-state index in [0.29, 0.717) is 5.28 Å². The van der Waals surface area contributed by atoms with Crippen molar-refractivity contribution in [2.45, 2.75) is 46.6 Å². The summed E-state index contributed by atoms with van der Waals surface area (Å²) in [5.41, 5.74) is 6.63. The molecule has 1 aromatic carbocycles. The molecule has 0 aliphatic carbocycles. The maximum absolute atomic E-state index is 6.26. The van der Waals surface area contributed by atoms with Crippen LogP contribution in [-0.4, -0.2) is 41.7 Å². The van der Waals surface area contributed by atoms with Crippen LogP contribution in [0.5, 0.6) is 5.75 Å². The molecule has 0 radical (unpaired) electrons. The number of rotatable bonds is 2. The Kier molecular flexibility index (Phi) is 4.46. The van der Waals surface area contributed by atoms with Crippen LogP contribution in [0, 0.1) is 20.8 Å². The zero-order chi connectivity index (χ0) is 19.3. The van der Waals surface area contributed by atoms with Gasteiger partial charge in [0.25, 0.3) is 0 Å². The fourth-order valence-electron chi connectivity index (χ4n) is 4.39. The van der Waals surface area contributed by atoms with E-state index in [2.05, 4.69) is 54.4 Å². The molecular formula is C21H27ClN4O. The average Bonchev–Trinajstić information content (AvgIpc) is 2.97. The third kappa shape index (κ3) is 3.22. The molecule has 0 bridgehead atoms. The number of aromatic nitrogens is 2. The number of hydrogen-bond acceptors (Lipinski definition) is 5. The zero-order valence-corrected chi connectivity index (χ0v) is 17.5. The van der Waals surface area contributed by atoms with Crippen LogP contribution < -0.4 is 14.5 Å². The van der Waals surface area contributed by atoms with Gasteiger partial charge in [-0.25, -0.2) is 9.97 Å². The van der Waals surface area contributed by atoms with Crippen molar-refractivity contribution in [2.24, 2.45) is 0 Å². The molecule has 1 saturated heterocycles. The highest BCUT2D eigenvalue weighted by atomic mass is 35.5. The summed E-state index contributed by atoms with van der Waals surface area (Å²) in [5, 5.41) is 0.304. The van der Waals surface area contributed by atoms with Crippen molar-refractivity contribution in [2.75, 3.05) is 36.0 Å². The van der Waals surface area contributed by atoms with E-state index in [9.17, 15) is 0 Å². The summed E-state index contributed by atoms with van der Waals surface area (Å²) in [7, 11) is 0. The highest BCUT2D eigenvalue weighted by Crippen LogP contribution is 2.45. The number of fused-ring (bicyclic) bond motifs is 1. The summed E-state index contributed by atoms with van der Waals surface area (Å²) in [4.78, 5) is 13.1. The molecule has 4 rings (SSSR count). The molecule has 0 unspecified atom stereocenters. The van der Waals surface area contributed by atoms with Gasteiger partial charge in [0.15, 0.2) is 0 Å². The summed E-state index contributed by atoms with van der Waals surface area (Å²) in [6, 6.07) is 1.93. The molecule has 0 atom stereocenters. The van der Waals surface area contributed by atoms with E-state index >= 15 is 0 Å². The molecule has 2 aliphatic heterocycles. The van der Waals surface area contributed by atoms with E-state index in [1.807, 2.05) is 6.07 Å². The summed E-state index contributed by atoms with van der Waals surface area (Å²) >= 11 is 5.95. The van der Waals surface area contributed by atoms with Crippen LogP contribution in [0.15, 0.2) is 12.3 Å². The normalized spacial score (nSPS) is 18.4. The van der Waals surface area contributed by atoms with Crippen molar-refractivity contribution in [1.82, 2.24) is 9.97 Å². The van der Waals surface area contributed by atoms with Crippen LogP contribution in [0.3, 0.4) is 0 Å². The van der Waals surface area contributed by atoms with Gasteiger partial charge in [-0.05, 0) is 69.0 Å². The van der Waals surface area contributed by atoms with Crippen molar-refractivity contribution in [3.8, 4) is 5.75 Å². The lowest BCUT2D eigenvalue weighted by molar-refractivity contribution is 0.137. The monoisotopic (exact) mass is 386 g/mol. The molecular weight excluding hydrogens is 360 g/mol. The first-order valence-electron chi connectivity index (χ1n) is 9.57. The maximum Gasteiger partial charge on any atom is 0.224 e. The zero-order valence-electron chi connectivity index (χ0n) is 16.8. The van der Waals surface area contributed by atoms with E-state index in [4.69, 9.17) is 16.3 Å². The second kappa shape index (κ2) is 6.55. The van der Waals surface area contributed by atoms with Gasteiger partial charge in [0.2, 0.25) is 5.28 Å². The van der Waals surface area contributed by atoms with Crippen molar-refractivity contribution in [3.05, 3.63) is 39.8 Å². The second-order valence-corrected chi connectivity index (χ2v) is 8.57. The molecule has 5 nitrogen and oxygen atoms in total. The fraction of sp³-hybridized carbons (Fsp3) is 0.524. The Morgan fingerprint density at radius 3 is 2.33 bits per heavy atom. The first kappa shape index (κ1) is 18.4. The third-order valence-corrected chi connectivity index (χ3v) is 6.03. The SMILES string of the molecule is Cc1c(C)c(N2CCN(c3ccnc(Cl)n3)CC2)c(C)c2c1OC(C)(C)C2. The average molecular weight is 387 g/mol. The van der Waals surface area contributed by atoms with Gasteiger partial charge in [-0.3, -0.25) is 0 Å². The molecule has 27 heavy (non-hydrogen) atoms. The molecule has 144 valence electrons. The van der Waals surface area contributed by atoms with Crippen LogP contribution in [0.25, 0.3) is 0 Å². The van der Waals surface area contributed by atoms with Crippen LogP contribution in [-0.2, 0) is 6.42 Å². The summed E-state index contributed by atoms with van der Waals surface area (Å²) in [5.74, 6) is 2.01. The fourth-order valence-corrected chi connectivity index (χ4v) is 4.54. The predicted molar refractivity (Wildman–Crippen MR) is 111 cm³/mol. The first-order valence-corrected chi connectivity index (χ1v) is 9.95. The number of ether oxygens (including phenoxy) is 1. The van der Waals surface area contributed by atoms with Gasteiger partial charge in [0, 0.05) is 50.0 Å². The highest BCUT2D eigenvalue weighted by molar-refractivity contribution is 6.28. The lowest BCUT2D eigenvalue weighted by atomic mass is 9.92. The van der Waals surface area contributed by atoms with Crippen molar-refractivity contribution < 1.29 is 4.74 Å². The minimum atomic E-state index is -0.117. The van der Waals surface area contributed by atoms with Crippen LogP contribution in [0.1, 0.15) is 36.1 Å². The lowest BCUT2D eigenvalue weighted by Crippen LogP contribution is -2.47. The molecule has 2 aromatic rings. The molecule has 0 spiro atoms. The Labute approximate surface area is 166 Å². The smallest absolute Gasteiger partial charge is 0.224 e. The van der Waals surface area contributed by atoms with E-state index in [-0.39, 0.29) is 5.60 Å². The Hall–Kier alpha value is -2.01. The number of piperazine rings is 1. The molecule has 1 aromatic heterocycles. The molecule has 1 fully saturated rings. The van der Waals surface area contributed by atoms with Gasteiger partial charge < -0.3 is 14.5 Å². The van der Waals surface area contributed by atoms with Crippen molar-refractivity contribution in [1.29, 1.82) is 0 Å². The number of benzene rings is 1. The lowest BCUT2D eigenvalue weighted by Gasteiger charge is -2.38. The van der Waals surface area contributed by atoms with Crippen LogP contribution >= 0.6 is 11.6 Å². The first-order chi connectivity index (χ1) is 12.8. The molecule has 3 heterocycles. The molecule has 6 heteroatoms. The van der Waals surface area contributed by atoms with E-state index < -0.39 is 0 Å². The molecule has 0 saturated carbocycles. The van der Waals surface area contributed by atoms with Gasteiger partial charge >= 0.3 is 0 Å². The summed E-state index contributed by atoms with van der Waals surface area (Å²) in [6.07, 6.45) is 2.69. The van der Waals surface area contributed by atoms with E-state index in [1.54, 1.807) is 6.20 Å². The Morgan fingerprint density at radius 1 is 1.00 bits per heavy atom. The minimum Gasteiger partial charge on any atom is -0.487 e. The molecule has 0 amide bonds. The van der Waals surface area contributed by atoms with E-state index in [0.717, 1.165) is 44.2 Å². The van der Waals surface area contributed by atoms with Crippen molar-refractivity contribution >= 4 is 23.1 Å². The Morgan fingerprint density at radius 2 is 1.67 bits per heavy atom. The number of nitrogens with zero attached hydrogens (tertiary/aromatic N) is 4. The summed E-state index contributed by atoms with van der Waals surface area (Å²) in [6.45, 7) is 14.8. The quantitative estimate of drug-likeness (QED) is 0.727. The minimum absolute atomic E-state index is 0.117. The van der Waals surface area contributed by atoms with Gasteiger partial charge in [-0.1, -0.05) is 0 Å². The number of anilines is 2. The third-order valence-electron chi connectivity index (χ3n) is 5.85. The maximum atomic E-state index is 6.26. The number of halogens is 1.